The zero-order valence-corrected chi connectivity index (χ0v) is 17.9. The predicted molar refractivity (Wildman–Crippen MR) is 120 cm³/mol. The summed E-state index contributed by atoms with van der Waals surface area (Å²) in [5.41, 5.74) is 1.53. The summed E-state index contributed by atoms with van der Waals surface area (Å²) < 4.78 is 24.0. The lowest BCUT2D eigenvalue weighted by Crippen LogP contribution is -2.11. The molecule has 0 amide bonds. The van der Waals surface area contributed by atoms with E-state index in [9.17, 15) is 13.2 Å². The average Bonchev–Trinajstić information content (AvgIpc) is 2.68. The monoisotopic (exact) mass is 461 g/mol. The number of hydrogen-bond acceptors (Lipinski definition) is 4. The number of sulfonamides is 1. The van der Waals surface area contributed by atoms with E-state index in [0.717, 1.165) is 4.70 Å². The minimum Gasteiger partial charge on any atom is -0.288 e. The number of benzene rings is 3. The molecule has 0 atom stereocenters. The van der Waals surface area contributed by atoms with Crippen molar-refractivity contribution in [2.45, 2.75) is 4.90 Å². The second-order valence-electron chi connectivity index (χ2n) is 6.33. The maximum atomic E-state index is 13.4. The Bertz CT molecular complexity index is 1410. The Labute approximate surface area is 181 Å². The van der Waals surface area contributed by atoms with Crippen molar-refractivity contribution in [1.29, 1.82) is 0 Å². The topological polar surface area (TPSA) is 77.2 Å². The standard InChI is InChI=1S/C21H13Cl2NO3S2/c22-13-7-10-15(17(23)11-13)19-20(25)16-3-1-2-4-18(16)28-21(19)12-5-8-14(9-6-12)29(24,26)27/h1-11H,(H2,24,26,27). The van der Waals surface area contributed by atoms with Gasteiger partial charge in [-0.2, -0.15) is 0 Å². The Kier molecular flexibility index (Phi) is 5.23. The molecule has 8 heteroatoms. The van der Waals surface area contributed by atoms with Gasteiger partial charge in [-0.1, -0.05) is 53.5 Å². The summed E-state index contributed by atoms with van der Waals surface area (Å²) in [6.07, 6.45) is 0. The van der Waals surface area contributed by atoms with Gasteiger partial charge < -0.3 is 0 Å². The Morgan fingerprint density at radius 1 is 0.897 bits per heavy atom. The molecule has 0 spiro atoms. The third kappa shape index (κ3) is 3.82. The molecule has 0 aliphatic heterocycles. The number of hydrogen-bond donors (Lipinski definition) is 1. The number of rotatable bonds is 3. The van der Waals surface area contributed by atoms with Crippen molar-refractivity contribution in [3.63, 3.8) is 0 Å². The SMILES string of the molecule is NS(=O)(=O)c1ccc(-c2sc3ccccc3c(=O)c2-c2ccc(Cl)cc2Cl)cc1. The van der Waals surface area contributed by atoms with Crippen molar-refractivity contribution in [2.24, 2.45) is 5.14 Å². The molecule has 0 bridgehead atoms. The van der Waals surface area contributed by atoms with E-state index in [1.165, 1.54) is 23.5 Å². The van der Waals surface area contributed by atoms with E-state index >= 15 is 0 Å². The lowest BCUT2D eigenvalue weighted by atomic mass is 10.0. The van der Waals surface area contributed by atoms with Crippen LogP contribution in [-0.4, -0.2) is 8.42 Å². The van der Waals surface area contributed by atoms with Crippen LogP contribution in [0.2, 0.25) is 10.0 Å². The van der Waals surface area contributed by atoms with Crippen LogP contribution >= 0.6 is 34.5 Å². The van der Waals surface area contributed by atoms with Gasteiger partial charge in [0.1, 0.15) is 0 Å². The predicted octanol–water partition coefficient (Wildman–Crippen LogP) is 5.55. The molecule has 0 saturated carbocycles. The largest absolute Gasteiger partial charge is 0.288 e. The third-order valence-corrected chi connectivity index (χ3v) is 7.14. The van der Waals surface area contributed by atoms with E-state index < -0.39 is 10.0 Å². The highest BCUT2D eigenvalue weighted by Gasteiger charge is 2.19. The van der Waals surface area contributed by atoms with E-state index in [-0.39, 0.29) is 10.3 Å². The molecule has 4 nitrogen and oxygen atoms in total. The van der Waals surface area contributed by atoms with Gasteiger partial charge in [-0.25, -0.2) is 13.6 Å². The van der Waals surface area contributed by atoms with Crippen LogP contribution in [0.5, 0.6) is 0 Å². The van der Waals surface area contributed by atoms with Crippen molar-refractivity contribution in [2.75, 3.05) is 0 Å². The average molecular weight is 462 g/mol. The lowest BCUT2D eigenvalue weighted by molar-refractivity contribution is 0.598. The van der Waals surface area contributed by atoms with Gasteiger partial charge in [0.25, 0.3) is 0 Å². The summed E-state index contributed by atoms with van der Waals surface area (Å²) in [6.45, 7) is 0. The summed E-state index contributed by atoms with van der Waals surface area (Å²) >= 11 is 13.9. The second kappa shape index (κ2) is 7.55. The van der Waals surface area contributed by atoms with Crippen LogP contribution in [0, 0.1) is 0 Å². The van der Waals surface area contributed by atoms with Crippen molar-refractivity contribution < 1.29 is 8.42 Å². The molecular formula is C21H13Cl2NO3S2. The molecule has 0 unspecified atom stereocenters. The molecular weight excluding hydrogens is 449 g/mol. The zero-order chi connectivity index (χ0) is 20.8. The van der Waals surface area contributed by atoms with E-state index in [0.29, 0.717) is 37.0 Å². The molecule has 1 heterocycles. The van der Waals surface area contributed by atoms with Gasteiger partial charge in [-0.3, -0.25) is 4.79 Å². The fourth-order valence-electron chi connectivity index (χ4n) is 3.08. The Morgan fingerprint density at radius 3 is 2.24 bits per heavy atom. The lowest BCUT2D eigenvalue weighted by Gasteiger charge is -2.13. The van der Waals surface area contributed by atoms with E-state index in [1.807, 2.05) is 18.2 Å². The summed E-state index contributed by atoms with van der Waals surface area (Å²) in [7, 11) is -3.81. The second-order valence-corrected chi connectivity index (χ2v) is 9.78. The van der Waals surface area contributed by atoms with Crippen LogP contribution in [0.4, 0.5) is 0 Å². The first-order valence-electron chi connectivity index (χ1n) is 8.40. The van der Waals surface area contributed by atoms with Gasteiger partial charge in [0.2, 0.25) is 10.0 Å². The van der Waals surface area contributed by atoms with Crippen LogP contribution in [0.25, 0.3) is 31.7 Å². The van der Waals surface area contributed by atoms with Gasteiger partial charge in [-0.15, -0.1) is 11.3 Å². The van der Waals surface area contributed by atoms with Crippen molar-refractivity contribution in [3.8, 4) is 21.6 Å². The van der Waals surface area contributed by atoms with Crippen LogP contribution in [0.15, 0.2) is 76.4 Å². The number of halogens is 2. The molecule has 0 fully saturated rings. The highest BCUT2D eigenvalue weighted by molar-refractivity contribution is 7.89. The normalized spacial score (nSPS) is 11.7. The van der Waals surface area contributed by atoms with Crippen LogP contribution in [0.3, 0.4) is 0 Å². The summed E-state index contributed by atoms with van der Waals surface area (Å²) in [5.74, 6) is 0. The molecule has 0 radical (unpaired) electrons. The molecule has 4 rings (SSSR count). The molecule has 146 valence electrons. The van der Waals surface area contributed by atoms with Crippen molar-refractivity contribution >= 4 is 54.6 Å². The fraction of sp³-hybridized carbons (Fsp3) is 0. The number of nitrogens with two attached hydrogens (primary N) is 1. The van der Waals surface area contributed by atoms with E-state index in [2.05, 4.69) is 0 Å². The molecule has 2 N–H and O–H groups in total. The third-order valence-electron chi connectivity index (χ3n) is 4.44. The first kappa shape index (κ1) is 20.1. The molecule has 3 aromatic carbocycles. The fourth-order valence-corrected chi connectivity index (χ4v) is 5.29. The Morgan fingerprint density at radius 2 is 1.59 bits per heavy atom. The molecule has 0 aliphatic rings. The highest BCUT2D eigenvalue weighted by Crippen LogP contribution is 2.40. The van der Waals surface area contributed by atoms with Gasteiger partial charge >= 0.3 is 0 Å². The van der Waals surface area contributed by atoms with Crippen LogP contribution < -0.4 is 10.6 Å². The zero-order valence-electron chi connectivity index (χ0n) is 14.7. The van der Waals surface area contributed by atoms with E-state index in [1.54, 1.807) is 36.4 Å². The molecule has 4 aromatic rings. The van der Waals surface area contributed by atoms with Gasteiger partial charge in [0, 0.05) is 31.1 Å². The van der Waals surface area contributed by atoms with Crippen molar-refractivity contribution in [1.82, 2.24) is 0 Å². The maximum Gasteiger partial charge on any atom is 0.238 e. The van der Waals surface area contributed by atoms with Crippen molar-refractivity contribution in [3.05, 3.63) is 87.0 Å². The summed E-state index contributed by atoms with van der Waals surface area (Å²) in [5, 5.41) is 6.61. The van der Waals surface area contributed by atoms with Crippen LogP contribution in [0.1, 0.15) is 0 Å². The number of fused-ring (bicyclic) bond motifs is 1. The first-order chi connectivity index (χ1) is 13.8. The minimum atomic E-state index is -3.81. The summed E-state index contributed by atoms with van der Waals surface area (Å²) in [6, 6.07) is 18.4. The molecule has 29 heavy (non-hydrogen) atoms. The Hall–Kier alpha value is -2.22. The highest BCUT2D eigenvalue weighted by atomic mass is 35.5. The van der Waals surface area contributed by atoms with Gasteiger partial charge in [-0.05, 0) is 42.0 Å². The van der Waals surface area contributed by atoms with Gasteiger partial charge in [0.05, 0.1) is 9.92 Å². The molecule has 0 saturated heterocycles. The van der Waals surface area contributed by atoms with Gasteiger partial charge in [0.15, 0.2) is 5.43 Å². The minimum absolute atomic E-state index is 0.000427. The molecule has 1 aromatic heterocycles. The quantitative estimate of drug-likeness (QED) is 0.434. The van der Waals surface area contributed by atoms with E-state index in [4.69, 9.17) is 28.3 Å². The smallest absolute Gasteiger partial charge is 0.238 e. The summed E-state index contributed by atoms with van der Waals surface area (Å²) in [4.78, 5) is 14.1. The first-order valence-corrected chi connectivity index (χ1v) is 11.5. The van der Waals surface area contributed by atoms with Crippen LogP contribution in [-0.2, 0) is 10.0 Å². The number of primary sulfonamides is 1. The Balaban J connectivity index is 2.06. The maximum absolute atomic E-state index is 13.4. The molecule has 0 aliphatic carbocycles.